The second kappa shape index (κ2) is 5.27. The van der Waals surface area contributed by atoms with E-state index in [1.54, 1.807) is 0 Å². The zero-order valence-corrected chi connectivity index (χ0v) is 7.85. The van der Waals surface area contributed by atoms with Gasteiger partial charge in [0.15, 0.2) is 5.17 Å². The molecule has 70 valence electrons. The standard InChI is InChI=1S/C7H15N3OS/c8-7(10-9)12-5-6-1-3-11-4-2-6/h6H,1-5,9H2,(H2,8,10). The fourth-order valence-corrected chi connectivity index (χ4v) is 1.97. The van der Waals surface area contributed by atoms with Crippen LogP contribution in [0.15, 0.2) is 5.10 Å². The smallest absolute Gasteiger partial charge is 0.177 e. The van der Waals surface area contributed by atoms with Crippen molar-refractivity contribution in [2.75, 3.05) is 19.0 Å². The summed E-state index contributed by atoms with van der Waals surface area (Å²) in [4.78, 5) is 0. The van der Waals surface area contributed by atoms with Crippen molar-refractivity contribution in [1.82, 2.24) is 0 Å². The van der Waals surface area contributed by atoms with Crippen molar-refractivity contribution in [2.45, 2.75) is 12.8 Å². The minimum atomic E-state index is 0.474. The quantitative estimate of drug-likeness (QED) is 0.284. The summed E-state index contributed by atoms with van der Waals surface area (Å²) in [6.07, 6.45) is 2.26. The molecule has 1 aliphatic rings. The molecule has 0 radical (unpaired) electrons. The van der Waals surface area contributed by atoms with Crippen molar-refractivity contribution in [3.63, 3.8) is 0 Å². The number of nitrogens with zero attached hydrogens (tertiary/aromatic N) is 1. The van der Waals surface area contributed by atoms with Gasteiger partial charge >= 0.3 is 0 Å². The SMILES string of the molecule is NN=C(N)SCC1CCOCC1. The molecule has 0 unspecified atom stereocenters. The molecule has 0 spiro atoms. The highest BCUT2D eigenvalue weighted by molar-refractivity contribution is 8.13. The molecule has 1 fully saturated rings. The molecule has 0 aromatic carbocycles. The molecule has 1 aliphatic heterocycles. The molecule has 1 saturated heterocycles. The van der Waals surface area contributed by atoms with Crippen molar-refractivity contribution in [3.8, 4) is 0 Å². The Morgan fingerprint density at radius 1 is 1.50 bits per heavy atom. The maximum absolute atomic E-state index is 5.45. The molecular formula is C7H15N3OS. The Balaban J connectivity index is 2.13. The van der Waals surface area contributed by atoms with Crippen LogP contribution in [0.4, 0.5) is 0 Å². The van der Waals surface area contributed by atoms with Crippen LogP contribution in [0.5, 0.6) is 0 Å². The molecular weight excluding hydrogens is 174 g/mol. The van der Waals surface area contributed by atoms with Gasteiger partial charge in [-0.3, -0.25) is 0 Å². The maximum Gasteiger partial charge on any atom is 0.177 e. The number of hydrazone groups is 1. The number of ether oxygens (including phenoxy) is 1. The summed E-state index contributed by atoms with van der Waals surface area (Å²) in [6, 6.07) is 0. The van der Waals surface area contributed by atoms with Crippen LogP contribution >= 0.6 is 11.8 Å². The van der Waals surface area contributed by atoms with Gasteiger partial charge in [-0.05, 0) is 18.8 Å². The first-order valence-electron chi connectivity index (χ1n) is 4.07. The Bertz CT molecular complexity index is 157. The summed E-state index contributed by atoms with van der Waals surface area (Å²) in [7, 11) is 0. The van der Waals surface area contributed by atoms with Gasteiger partial charge in [-0.2, -0.15) is 5.10 Å². The summed E-state index contributed by atoms with van der Waals surface area (Å²) in [5, 5.41) is 3.87. The first kappa shape index (κ1) is 9.67. The van der Waals surface area contributed by atoms with Crippen LogP contribution in [0.25, 0.3) is 0 Å². The molecule has 5 heteroatoms. The maximum atomic E-state index is 5.45. The summed E-state index contributed by atoms with van der Waals surface area (Å²) < 4.78 is 5.24. The average molecular weight is 189 g/mol. The van der Waals surface area contributed by atoms with Gasteiger partial charge in [0.2, 0.25) is 0 Å². The molecule has 0 aliphatic carbocycles. The number of rotatable bonds is 2. The lowest BCUT2D eigenvalue weighted by atomic mass is 10.0. The third-order valence-electron chi connectivity index (χ3n) is 1.94. The summed E-state index contributed by atoms with van der Waals surface area (Å²) in [6.45, 7) is 1.76. The average Bonchev–Trinajstić information content (AvgIpc) is 2.16. The van der Waals surface area contributed by atoms with Gasteiger partial charge in [0.1, 0.15) is 0 Å². The molecule has 0 bridgehead atoms. The Morgan fingerprint density at radius 2 is 2.17 bits per heavy atom. The van der Waals surface area contributed by atoms with Gasteiger partial charge in [-0.25, -0.2) is 0 Å². The van der Waals surface area contributed by atoms with Gasteiger partial charge < -0.3 is 16.3 Å². The number of thioether (sulfide) groups is 1. The molecule has 0 aromatic rings. The summed E-state index contributed by atoms with van der Waals surface area (Å²) in [5.74, 6) is 6.73. The van der Waals surface area contributed by atoms with E-state index in [4.69, 9.17) is 16.3 Å². The van der Waals surface area contributed by atoms with E-state index >= 15 is 0 Å². The first-order chi connectivity index (χ1) is 5.83. The minimum Gasteiger partial charge on any atom is -0.381 e. The van der Waals surface area contributed by atoms with Gasteiger partial charge in [-0.1, -0.05) is 11.8 Å². The molecule has 0 aromatic heterocycles. The van der Waals surface area contributed by atoms with E-state index in [0.717, 1.165) is 31.8 Å². The molecule has 1 heterocycles. The predicted octanol–water partition coefficient (Wildman–Crippen LogP) is 0.335. The third-order valence-corrected chi connectivity index (χ3v) is 2.97. The van der Waals surface area contributed by atoms with E-state index in [2.05, 4.69) is 5.10 Å². The van der Waals surface area contributed by atoms with Crippen LogP contribution in [0, 0.1) is 5.92 Å². The lowest BCUT2D eigenvalue weighted by Gasteiger charge is -2.20. The van der Waals surface area contributed by atoms with Crippen LogP contribution in [0.2, 0.25) is 0 Å². The van der Waals surface area contributed by atoms with E-state index in [0.29, 0.717) is 11.1 Å². The second-order valence-electron chi connectivity index (χ2n) is 2.83. The van der Waals surface area contributed by atoms with Crippen molar-refractivity contribution >= 4 is 16.9 Å². The fraction of sp³-hybridized carbons (Fsp3) is 0.857. The van der Waals surface area contributed by atoms with Crippen molar-refractivity contribution in [2.24, 2.45) is 22.6 Å². The lowest BCUT2D eigenvalue weighted by molar-refractivity contribution is 0.0728. The highest BCUT2D eigenvalue weighted by Crippen LogP contribution is 2.19. The molecule has 0 atom stereocenters. The molecule has 0 amide bonds. The van der Waals surface area contributed by atoms with Crippen LogP contribution in [0.1, 0.15) is 12.8 Å². The first-order valence-corrected chi connectivity index (χ1v) is 5.05. The van der Waals surface area contributed by atoms with Gasteiger partial charge in [0.25, 0.3) is 0 Å². The molecule has 0 saturated carbocycles. The van der Waals surface area contributed by atoms with Gasteiger partial charge in [0, 0.05) is 19.0 Å². The van der Waals surface area contributed by atoms with E-state index in [1.165, 1.54) is 11.8 Å². The zero-order valence-electron chi connectivity index (χ0n) is 7.03. The van der Waals surface area contributed by atoms with Crippen LogP contribution in [-0.2, 0) is 4.74 Å². The lowest BCUT2D eigenvalue weighted by Crippen LogP contribution is -2.19. The third kappa shape index (κ3) is 3.32. The largest absolute Gasteiger partial charge is 0.381 e. The van der Waals surface area contributed by atoms with E-state index in [-0.39, 0.29) is 0 Å². The highest BCUT2D eigenvalue weighted by Gasteiger charge is 2.13. The minimum absolute atomic E-state index is 0.474. The van der Waals surface area contributed by atoms with Gasteiger partial charge in [0.05, 0.1) is 0 Å². The monoisotopic (exact) mass is 189 g/mol. The molecule has 12 heavy (non-hydrogen) atoms. The number of hydrogen-bond acceptors (Lipinski definition) is 4. The van der Waals surface area contributed by atoms with Crippen LogP contribution in [0.3, 0.4) is 0 Å². The van der Waals surface area contributed by atoms with Crippen LogP contribution < -0.4 is 11.6 Å². The predicted molar refractivity (Wildman–Crippen MR) is 51.8 cm³/mol. The van der Waals surface area contributed by atoms with Crippen LogP contribution in [-0.4, -0.2) is 24.1 Å². The van der Waals surface area contributed by atoms with Crippen molar-refractivity contribution in [1.29, 1.82) is 0 Å². The fourth-order valence-electron chi connectivity index (χ4n) is 1.15. The summed E-state index contributed by atoms with van der Waals surface area (Å²) in [5.41, 5.74) is 5.45. The number of amidine groups is 1. The summed E-state index contributed by atoms with van der Waals surface area (Å²) >= 11 is 1.53. The van der Waals surface area contributed by atoms with Crippen molar-refractivity contribution in [3.05, 3.63) is 0 Å². The zero-order chi connectivity index (χ0) is 8.81. The molecule has 4 N–H and O–H groups in total. The van der Waals surface area contributed by atoms with E-state index < -0.39 is 0 Å². The van der Waals surface area contributed by atoms with E-state index in [9.17, 15) is 0 Å². The Kier molecular flexibility index (Phi) is 4.24. The Hall–Kier alpha value is -0.420. The molecule has 4 nitrogen and oxygen atoms in total. The topological polar surface area (TPSA) is 73.6 Å². The Labute approximate surface area is 76.7 Å². The highest BCUT2D eigenvalue weighted by atomic mass is 32.2. The van der Waals surface area contributed by atoms with Crippen molar-refractivity contribution < 1.29 is 4.74 Å². The van der Waals surface area contributed by atoms with Gasteiger partial charge in [-0.15, -0.1) is 0 Å². The Morgan fingerprint density at radius 3 is 2.75 bits per heavy atom. The number of nitrogens with two attached hydrogens (primary N) is 2. The second-order valence-corrected chi connectivity index (χ2v) is 3.87. The van der Waals surface area contributed by atoms with E-state index in [1.807, 2.05) is 0 Å². The normalized spacial score (nSPS) is 21.2. The molecule has 1 rings (SSSR count). The number of hydrogen-bond donors (Lipinski definition) is 2.